The third kappa shape index (κ3) is 3.19. The lowest BCUT2D eigenvalue weighted by Gasteiger charge is -2.22. The van der Waals surface area contributed by atoms with Gasteiger partial charge in [-0.2, -0.15) is 13.2 Å². The third-order valence-corrected chi connectivity index (χ3v) is 3.19. The van der Waals surface area contributed by atoms with E-state index >= 15 is 0 Å². The fraction of sp³-hybridized carbons (Fsp3) is 0.583. The summed E-state index contributed by atoms with van der Waals surface area (Å²) in [7, 11) is 0. The number of rotatable bonds is 2. The van der Waals surface area contributed by atoms with Crippen LogP contribution in [0.2, 0.25) is 0 Å². The van der Waals surface area contributed by atoms with E-state index < -0.39 is 17.6 Å². The van der Waals surface area contributed by atoms with Crippen LogP contribution < -0.4 is 5.32 Å². The van der Waals surface area contributed by atoms with Gasteiger partial charge in [0.05, 0.1) is 11.3 Å². The minimum Gasteiger partial charge on any atom is -0.317 e. The Morgan fingerprint density at radius 1 is 1.28 bits per heavy atom. The highest BCUT2D eigenvalue weighted by atomic mass is 19.4. The molecule has 1 aromatic rings. The average molecular weight is 262 g/mol. The van der Waals surface area contributed by atoms with Crippen molar-refractivity contribution in [3.8, 4) is 0 Å². The second kappa shape index (κ2) is 5.22. The summed E-state index contributed by atoms with van der Waals surface area (Å²) in [6.07, 6.45) is -1.61. The van der Waals surface area contributed by atoms with E-state index in [0.717, 1.165) is 25.9 Å². The van der Waals surface area contributed by atoms with Crippen molar-refractivity contribution in [2.45, 2.75) is 25.4 Å². The summed E-state index contributed by atoms with van der Waals surface area (Å²) in [5.41, 5.74) is -0.899. The van der Waals surface area contributed by atoms with Gasteiger partial charge < -0.3 is 5.32 Å². The summed E-state index contributed by atoms with van der Waals surface area (Å²) >= 11 is 0. The molecule has 6 heteroatoms. The maximum atomic E-state index is 13.6. The van der Waals surface area contributed by atoms with Crippen molar-refractivity contribution >= 4 is 0 Å². The molecular weight excluding hydrogens is 248 g/mol. The second-order valence-electron chi connectivity index (χ2n) is 4.55. The fourth-order valence-corrected chi connectivity index (χ4v) is 2.13. The van der Waals surface area contributed by atoms with Gasteiger partial charge in [-0.15, -0.1) is 0 Å². The van der Waals surface area contributed by atoms with E-state index in [1.807, 2.05) is 0 Å². The van der Waals surface area contributed by atoms with Gasteiger partial charge in [0.1, 0.15) is 5.82 Å². The van der Waals surface area contributed by atoms with E-state index in [1.54, 1.807) is 0 Å². The lowest BCUT2D eigenvalue weighted by atomic mass is 9.93. The Morgan fingerprint density at radius 3 is 2.50 bits per heavy atom. The lowest BCUT2D eigenvalue weighted by molar-refractivity contribution is -0.138. The number of aromatic nitrogens is 1. The zero-order valence-electron chi connectivity index (χ0n) is 9.73. The fourth-order valence-electron chi connectivity index (χ4n) is 2.13. The highest BCUT2D eigenvalue weighted by Crippen LogP contribution is 2.30. The molecule has 0 aliphatic carbocycles. The van der Waals surface area contributed by atoms with E-state index in [-0.39, 0.29) is 5.69 Å². The zero-order valence-corrected chi connectivity index (χ0v) is 9.73. The number of hydrogen-bond acceptors (Lipinski definition) is 2. The Labute approximate surface area is 102 Å². The van der Waals surface area contributed by atoms with Gasteiger partial charge in [0.15, 0.2) is 0 Å². The Morgan fingerprint density at radius 2 is 1.94 bits per heavy atom. The predicted molar refractivity (Wildman–Crippen MR) is 58.5 cm³/mol. The summed E-state index contributed by atoms with van der Waals surface area (Å²) in [5, 5.41) is 3.18. The number of nitrogens with one attached hydrogen (secondary N) is 1. The van der Waals surface area contributed by atoms with E-state index in [2.05, 4.69) is 10.3 Å². The van der Waals surface area contributed by atoms with Crippen molar-refractivity contribution in [2.75, 3.05) is 13.1 Å². The van der Waals surface area contributed by atoms with Crippen LogP contribution in [0, 0.1) is 11.7 Å². The summed E-state index contributed by atoms with van der Waals surface area (Å²) in [6, 6.07) is 0.531. The highest BCUT2D eigenvalue weighted by molar-refractivity contribution is 5.19. The van der Waals surface area contributed by atoms with Crippen LogP contribution in [-0.2, 0) is 12.6 Å². The molecule has 0 saturated carbocycles. The van der Waals surface area contributed by atoms with E-state index in [4.69, 9.17) is 0 Å². The average Bonchev–Trinajstić information content (AvgIpc) is 2.32. The largest absolute Gasteiger partial charge is 0.417 e. The third-order valence-electron chi connectivity index (χ3n) is 3.19. The molecule has 18 heavy (non-hydrogen) atoms. The molecule has 0 unspecified atom stereocenters. The standard InChI is InChI=1S/C12H14F4N2/c13-10-6-9(12(14,15)16)7-18-11(10)5-8-1-3-17-4-2-8/h6-8,17H,1-5H2. The normalized spacial score (nSPS) is 18.0. The topological polar surface area (TPSA) is 24.9 Å². The molecule has 0 spiro atoms. The first-order valence-electron chi connectivity index (χ1n) is 5.89. The van der Waals surface area contributed by atoms with Crippen LogP contribution in [0.3, 0.4) is 0 Å². The smallest absolute Gasteiger partial charge is 0.317 e. The Kier molecular flexibility index (Phi) is 3.85. The van der Waals surface area contributed by atoms with Crippen LogP contribution in [-0.4, -0.2) is 18.1 Å². The molecule has 2 rings (SSSR count). The molecule has 0 amide bonds. The van der Waals surface area contributed by atoms with E-state index in [9.17, 15) is 17.6 Å². The Hall–Kier alpha value is -1.17. The van der Waals surface area contributed by atoms with Crippen LogP contribution in [0.25, 0.3) is 0 Å². The maximum Gasteiger partial charge on any atom is 0.417 e. The molecule has 100 valence electrons. The maximum absolute atomic E-state index is 13.6. The molecule has 1 aliphatic rings. The molecule has 1 fully saturated rings. The lowest BCUT2D eigenvalue weighted by Crippen LogP contribution is -2.29. The van der Waals surface area contributed by atoms with Crippen molar-refractivity contribution in [3.05, 3.63) is 29.3 Å². The minimum atomic E-state index is -4.54. The molecule has 2 heterocycles. The van der Waals surface area contributed by atoms with Crippen molar-refractivity contribution in [1.29, 1.82) is 0 Å². The van der Waals surface area contributed by atoms with Crippen molar-refractivity contribution in [1.82, 2.24) is 10.3 Å². The zero-order chi connectivity index (χ0) is 13.2. The molecule has 0 radical (unpaired) electrons. The van der Waals surface area contributed by atoms with E-state index in [1.165, 1.54) is 0 Å². The van der Waals surface area contributed by atoms with Gasteiger partial charge in [-0.05, 0) is 44.3 Å². The minimum absolute atomic E-state index is 0.134. The quantitative estimate of drug-likeness (QED) is 0.829. The summed E-state index contributed by atoms with van der Waals surface area (Å²) in [5.74, 6) is -0.562. The first-order valence-corrected chi connectivity index (χ1v) is 5.89. The molecule has 1 aliphatic heterocycles. The number of piperidine rings is 1. The molecule has 1 saturated heterocycles. The summed E-state index contributed by atoms with van der Waals surface area (Å²) in [4.78, 5) is 3.62. The number of hydrogen-bond donors (Lipinski definition) is 1. The highest BCUT2D eigenvalue weighted by Gasteiger charge is 2.32. The number of pyridine rings is 1. The summed E-state index contributed by atoms with van der Waals surface area (Å²) in [6.45, 7) is 1.74. The first-order chi connectivity index (χ1) is 8.47. The second-order valence-corrected chi connectivity index (χ2v) is 4.55. The van der Waals surface area contributed by atoms with Crippen LogP contribution in [0.5, 0.6) is 0 Å². The number of halogens is 4. The van der Waals surface area contributed by atoms with Gasteiger partial charge in [0.25, 0.3) is 0 Å². The Bertz CT molecular complexity index is 411. The van der Waals surface area contributed by atoms with Crippen LogP contribution in [0.15, 0.2) is 12.3 Å². The van der Waals surface area contributed by atoms with Gasteiger partial charge in [-0.3, -0.25) is 4.98 Å². The predicted octanol–water partition coefficient (Wildman–Crippen LogP) is 2.78. The molecule has 0 aromatic carbocycles. The Balaban J connectivity index is 2.09. The van der Waals surface area contributed by atoms with Crippen LogP contribution in [0.1, 0.15) is 24.1 Å². The molecular formula is C12H14F4N2. The first kappa shape index (κ1) is 13.3. The van der Waals surface area contributed by atoms with Crippen LogP contribution >= 0.6 is 0 Å². The van der Waals surface area contributed by atoms with Crippen molar-refractivity contribution in [3.63, 3.8) is 0 Å². The molecule has 1 aromatic heterocycles. The van der Waals surface area contributed by atoms with Crippen molar-refractivity contribution in [2.24, 2.45) is 5.92 Å². The van der Waals surface area contributed by atoms with Gasteiger partial charge in [-0.1, -0.05) is 0 Å². The summed E-state index contributed by atoms with van der Waals surface area (Å²) < 4.78 is 50.6. The molecule has 0 atom stereocenters. The van der Waals surface area contributed by atoms with Crippen LogP contribution in [0.4, 0.5) is 17.6 Å². The molecule has 0 bridgehead atoms. The van der Waals surface area contributed by atoms with Gasteiger partial charge in [0.2, 0.25) is 0 Å². The van der Waals surface area contributed by atoms with Crippen molar-refractivity contribution < 1.29 is 17.6 Å². The van der Waals surface area contributed by atoms with Gasteiger partial charge >= 0.3 is 6.18 Å². The SMILES string of the molecule is Fc1cc(C(F)(F)F)cnc1CC1CCNCC1. The molecule has 1 N–H and O–H groups in total. The monoisotopic (exact) mass is 262 g/mol. The number of alkyl halides is 3. The van der Waals surface area contributed by atoms with Gasteiger partial charge in [0, 0.05) is 6.20 Å². The number of nitrogens with zero attached hydrogens (tertiary/aromatic N) is 1. The van der Waals surface area contributed by atoms with Gasteiger partial charge in [-0.25, -0.2) is 4.39 Å². The van der Waals surface area contributed by atoms with E-state index in [0.29, 0.717) is 24.6 Å². The molecule has 2 nitrogen and oxygen atoms in total.